The van der Waals surface area contributed by atoms with Gasteiger partial charge >= 0.3 is 0 Å². The Balaban J connectivity index is 0.00000264. The zero-order valence-electron chi connectivity index (χ0n) is 13.8. The van der Waals surface area contributed by atoms with Crippen molar-refractivity contribution in [2.45, 2.75) is 26.8 Å². The van der Waals surface area contributed by atoms with E-state index in [1.165, 1.54) is 5.56 Å². The number of guanidine groups is 1. The van der Waals surface area contributed by atoms with Crippen LogP contribution in [0.1, 0.15) is 25.2 Å². The fourth-order valence-corrected chi connectivity index (χ4v) is 2.13. The van der Waals surface area contributed by atoms with E-state index in [0.29, 0.717) is 11.9 Å². The molecule has 0 fully saturated rings. The van der Waals surface area contributed by atoms with Gasteiger partial charge in [-0.15, -0.1) is 24.0 Å². The molecule has 0 saturated carbocycles. The molecule has 5 nitrogen and oxygen atoms in total. The van der Waals surface area contributed by atoms with Crippen LogP contribution in [0.5, 0.6) is 0 Å². The zero-order valence-corrected chi connectivity index (χ0v) is 16.1. The van der Waals surface area contributed by atoms with Gasteiger partial charge in [0.15, 0.2) is 5.96 Å². The van der Waals surface area contributed by atoms with Crippen molar-refractivity contribution in [1.29, 1.82) is 0 Å². The molecule has 1 aromatic carbocycles. The Morgan fingerprint density at radius 1 is 1.30 bits per heavy atom. The number of hydrogen-bond donors (Lipinski definition) is 2. The zero-order chi connectivity index (χ0) is 15.8. The first-order valence-corrected chi connectivity index (χ1v) is 7.73. The summed E-state index contributed by atoms with van der Waals surface area (Å²) in [4.78, 5) is 8.71. The first kappa shape index (κ1) is 19.5. The molecule has 23 heavy (non-hydrogen) atoms. The molecule has 0 radical (unpaired) electrons. The van der Waals surface area contributed by atoms with Gasteiger partial charge in [-0.05, 0) is 11.5 Å². The van der Waals surface area contributed by atoms with E-state index < -0.39 is 0 Å². The molecule has 1 aromatic heterocycles. The molecule has 0 aliphatic heterocycles. The van der Waals surface area contributed by atoms with Crippen LogP contribution in [0.2, 0.25) is 0 Å². The maximum atomic E-state index is 5.83. The molecule has 1 heterocycles. The Morgan fingerprint density at radius 2 is 2.04 bits per heavy atom. The molecule has 3 N–H and O–H groups in total. The maximum absolute atomic E-state index is 5.83. The van der Waals surface area contributed by atoms with Gasteiger partial charge in [0.25, 0.3) is 0 Å². The molecule has 6 heteroatoms. The van der Waals surface area contributed by atoms with Gasteiger partial charge in [-0.1, -0.05) is 44.2 Å². The van der Waals surface area contributed by atoms with E-state index in [0.717, 1.165) is 31.9 Å². The van der Waals surface area contributed by atoms with E-state index >= 15 is 0 Å². The average molecular weight is 427 g/mol. The monoisotopic (exact) mass is 427 g/mol. The van der Waals surface area contributed by atoms with Crippen molar-refractivity contribution in [2.75, 3.05) is 13.1 Å². The number of benzene rings is 1. The molecule has 0 saturated heterocycles. The van der Waals surface area contributed by atoms with Crippen LogP contribution in [0.3, 0.4) is 0 Å². The fraction of sp³-hybridized carbons (Fsp3) is 0.412. The Bertz CT molecular complexity index is 592. The van der Waals surface area contributed by atoms with E-state index in [-0.39, 0.29) is 24.0 Å². The number of nitrogens with one attached hydrogen (secondary N) is 1. The highest BCUT2D eigenvalue weighted by Crippen LogP contribution is 2.05. The van der Waals surface area contributed by atoms with Crippen LogP contribution < -0.4 is 11.1 Å². The lowest BCUT2D eigenvalue weighted by molar-refractivity contribution is 0.658. The molecular weight excluding hydrogens is 401 g/mol. The van der Waals surface area contributed by atoms with Crippen LogP contribution in [0.15, 0.2) is 47.7 Å². The van der Waals surface area contributed by atoms with Crippen LogP contribution in [-0.2, 0) is 13.0 Å². The Morgan fingerprint density at radius 3 is 2.74 bits per heavy atom. The highest BCUT2D eigenvalue weighted by molar-refractivity contribution is 14.0. The second kappa shape index (κ2) is 10.3. The van der Waals surface area contributed by atoms with Gasteiger partial charge < -0.3 is 15.6 Å². The fourth-order valence-electron chi connectivity index (χ4n) is 2.13. The number of imidazole rings is 1. The van der Waals surface area contributed by atoms with Crippen molar-refractivity contribution in [3.63, 3.8) is 0 Å². The number of nitrogens with zero attached hydrogens (tertiary/aromatic N) is 3. The van der Waals surface area contributed by atoms with Gasteiger partial charge in [0.1, 0.15) is 5.82 Å². The van der Waals surface area contributed by atoms with Crippen molar-refractivity contribution in [3.05, 3.63) is 54.1 Å². The SMILES string of the molecule is CC(C)CN=C(N)NCCc1nccn1Cc1ccccc1.I. The van der Waals surface area contributed by atoms with Crippen LogP contribution in [0.4, 0.5) is 0 Å². The molecule has 0 amide bonds. The summed E-state index contributed by atoms with van der Waals surface area (Å²) in [5, 5.41) is 3.14. The summed E-state index contributed by atoms with van der Waals surface area (Å²) >= 11 is 0. The summed E-state index contributed by atoms with van der Waals surface area (Å²) in [6.07, 6.45) is 4.67. The third-order valence-corrected chi connectivity index (χ3v) is 3.28. The Kier molecular flexibility index (Phi) is 8.68. The van der Waals surface area contributed by atoms with E-state index in [1.54, 1.807) is 0 Å². The van der Waals surface area contributed by atoms with Crippen LogP contribution >= 0.6 is 24.0 Å². The van der Waals surface area contributed by atoms with Crippen molar-refractivity contribution in [2.24, 2.45) is 16.6 Å². The summed E-state index contributed by atoms with van der Waals surface area (Å²) in [6, 6.07) is 10.4. The lowest BCUT2D eigenvalue weighted by Gasteiger charge is -2.09. The largest absolute Gasteiger partial charge is 0.370 e. The minimum absolute atomic E-state index is 0. The number of rotatable bonds is 7. The normalized spacial score (nSPS) is 11.3. The summed E-state index contributed by atoms with van der Waals surface area (Å²) < 4.78 is 2.17. The van der Waals surface area contributed by atoms with Crippen LogP contribution in [0, 0.1) is 5.92 Å². The smallest absolute Gasteiger partial charge is 0.188 e. The highest BCUT2D eigenvalue weighted by Gasteiger charge is 2.03. The molecule has 126 valence electrons. The number of nitrogens with two attached hydrogens (primary N) is 1. The number of aromatic nitrogens is 2. The van der Waals surface area contributed by atoms with Gasteiger partial charge in [-0.2, -0.15) is 0 Å². The standard InChI is InChI=1S/C17H25N5.HI/c1-14(2)12-21-17(18)20-9-8-16-19-10-11-22(16)13-15-6-4-3-5-7-15;/h3-7,10-11,14H,8-9,12-13H2,1-2H3,(H3,18,20,21);1H. The van der Waals surface area contributed by atoms with Crippen molar-refractivity contribution < 1.29 is 0 Å². The lowest BCUT2D eigenvalue weighted by atomic mass is 10.2. The predicted octanol–water partition coefficient (Wildman–Crippen LogP) is 2.65. The molecule has 2 rings (SSSR count). The van der Waals surface area contributed by atoms with Crippen LogP contribution in [0.25, 0.3) is 0 Å². The lowest BCUT2D eigenvalue weighted by Crippen LogP contribution is -2.34. The minimum Gasteiger partial charge on any atom is -0.370 e. The van der Waals surface area contributed by atoms with E-state index in [9.17, 15) is 0 Å². The van der Waals surface area contributed by atoms with E-state index in [1.807, 2.05) is 18.5 Å². The topological polar surface area (TPSA) is 68.2 Å². The number of hydrogen-bond acceptors (Lipinski definition) is 2. The second-order valence-corrected chi connectivity index (χ2v) is 5.75. The minimum atomic E-state index is 0. The van der Waals surface area contributed by atoms with Gasteiger partial charge in [-0.25, -0.2) is 4.98 Å². The summed E-state index contributed by atoms with van der Waals surface area (Å²) in [6.45, 7) is 6.57. The van der Waals surface area contributed by atoms with Gasteiger partial charge in [0, 0.05) is 38.4 Å². The van der Waals surface area contributed by atoms with Crippen molar-refractivity contribution in [3.8, 4) is 0 Å². The van der Waals surface area contributed by atoms with Gasteiger partial charge in [0.2, 0.25) is 0 Å². The average Bonchev–Trinajstić information content (AvgIpc) is 2.93. The summed E-state index contributed by atoms with van der Waals surface area (Å²) in [5.74, 6) is 2.08. The molecule has 0 spiro atoms. The third kappa shape index (κ3) is 7.02. The molecule has 0 bridgehead atoms. The van der Waals surface area contributed by atoms with Gasteiger partial charge in [-0.3, -0.25) is 4.99 Å². The van der Waals surface area contributed by atoms with E-state index in [2.05, 4.69) is 58.0 Å². The number of halogens is 1. The molecule has 0 aliphatic rings. The van der Waals surface area contributed by atoms with Crippen molar-refractivity contribution in [1.82, 2.24) is 14.9 Å². The third-order valence-electron chi connectivity index (χ3n) is 3.28. The molecule has 0 atom stereocenters. The van der Waals surface area contributed by atoms with Gasteiger partial charge in [0.05, 0.1) is 0 Å². The summed E-state index contributed by atoms with van der Waals surface area (Å²) in [7, 11) is 0. The molecule has 0 unspecified atom stereocenters. The second-order valence-electron chi connectivity index (χ2n) is 5.75. The van der Waals surface area contributed by atoms with Crippen LogP contribution in [-0.4, -0.2) is 28.6 Å². The molecule has 0 aliphatic carbocycles. The van der Waals surface area contributed by atoms with Crippen molar-refractivity contribution >= 4 is 29.9 Å². The highest BCUT2D eigenvalue weighted by atomic mass is 127. The maximum Gasteiger partial charge on any atom is 0.188 e. The first-order valence-electron chi connectivity index (χ1n) is 7.73. The first-order chi connectivity index (χ1) is 10.6. The predicted molar refractivity (Wildman–Crippen MR) is 106 cm³/mol. The quantitative estimate of drug-likeness (QED) is 0.406. The summed E-state index contributed by atoms with van der Waals surface area (Å²) in [5.41, 5.74) is 7.11. The number of aliphatic imine (C=N–C) groups is 1. The Labute approximate surface area is 155 Å². The molecular formula is C17H26IN5. The Hall–Kier alpha value is -1.57. The molecule has 2 aromatic rings. The van der Waals surface area contributed by atoms with E-state index in [4.69, 9.17) is 5.73 Å².